The Morgan fingerprint density at radius 3 is 2.48 bits per heavy atom. The molecule has 0 radical (unpaired) electrons. The molecular weight excluding hydrogens is 378 g/mol. The van der Waals surface area contributed by atoms with Crippen LogP contribution in [-0.2, 0) is 0 Å². The van der Waals surface area contributed by atoms with Crippen LogP contribution in [0.2, 0.25) is 0 Å². The number of anilines is 1. The Labute approximate surface area is 155 Å². The second-order valence-electron chi connectivity index (χ2n) is 6.33. The van der Waals surface area contributed by atoms with Crippen LogP contribution >= 0.6 is 15.9 Å². The summed E-state index contributed by atoms with van der Waals surface area (Å²) in [6, 6.07) is 10.3. The van der Waals surface area contributed by atoms with Gasteiger partial charge in [-0.15, -0.1) is 0 Å². The van der Waals surface area contributed by atoms with Crippen LogP contribution in [0.5, 0.6) is 0 Å². The van der Waals surface area contributed by atoms with E-state index in [1.54, 1.807) is 0 Å². The first-order valence-electron chi connectivity index (χ1n) is 8.62. The quantitative estimate of drug-likeness (QED) is 0.657. The number of aromatic nitrogens is 4. The van der Waals surface area contributed by atoms with E-state index in [-0.39, 0.29) is 0 Å². The van der Waals surface area contributed by atoms with Gasteiger partial charge in [-0.2, -0.15) is 10.1 Å². The van der Waals surface area contributed by atoms with Crippen LogP contribution in [0, 0.1) is 6.92 Å². The molecule has 25 heavy (non-hydrogen) atoms. The van der Waals surface area contributed by atoms with Crippen LogP contribution in [0.15, 0.2) is 47.2 Å². The topological polar surface area (TPSA) is 46.8 Å². The summed E-state index contributed by atoms with van der Waals surface area (Å²) in [6.45, 7) is 4.05. The van der Waals surface area contributed by atoms with Gasteiger partial charge in [-0.05, 0) is 47.7 Å². The van der Waals surface area contributed by atoms with Gasteiger partial charge in [0.05, 0.1) is 16.4 Å². The monoisotopic (exact) mass is 397 g/mol. The standard InChI is InChI=1S/C19H20BrN5/c1-14-17(20)18(23-19(22-14)24-10-6-3-7-11-24)25-13-16(12-21-25)15-8-4-2-5-9-15/h2,4-5,8-9,12-13H,3,6-7,10-11H2,1H3. The fraction of sp³-hybridized carbons (Fsp3) is 0.316. The molecule has 6 heteroatoms. The van der Waals surface area contributed by atoms with Crippen LogP contribution < -0.4 is 4.90 Å². The zero-order valence-electron chi connectivity index (χ0n) is 14.2. The zero-order valence-corrected chi connectivity index (χ0v) is 15.8. The van der Waals surface area contributed by atoms with Crippen molar-refractivity contribution in [3.05, 3.63) is 52.9 Å². The van der Waals surface area contributed by atoms with Gasteiger partial charge in [-0.25, -0.2) is 9.67 Å². The van der Waals surface area contributed by atoms with Crippen molar-refractivity contribution in [3.63, 3.8) is 0 Å². The SMILES string of the molecule is Cc1nc(N2CCCCC2)nc(-n2cc(-c3ccccc3)cn2)c1Br. The molecule has 4 rings (SSSR count). The molecule has 5 nitrogen and oxygen atoms in total. The second kappa shape index (κ2) is 6.96. The van der Waals surface area contributed by atoms with E-state index in [0.29, 0.717) is 0 Å². The lowest BCUT2D eigenvalue weighted by Crippen LogP contribution is -2.31. The van der Waals surface area contributed by atoms with Gasteiger partial charge in [0.2, 0.25) is 5.95 Å². The molecular formula is C19H20BrN5. The van der Waals surface area contributed by atoms with E-state index in [1.807, 2.05) is 42.2 Å². The molecule has 0 unspecified atom stereocenters. The van der Waals surface area contributed by atoms with E-state index in [9.17, 15) is 0 Å². The lowest BCUT2D eigenvalue weighted by molar-refractivity contribution is 0.566. The number of hydrogen-bond acceptors (Lipinski definition) is 4. The molecule has 1 saturated heterocycles. The third-order valence-corrected chi connectivity index (χ3v) is 5.46. The Morgan fingerprint density at radius 1 is 0.960 bits per heavy atom. The minimum atomic E-state index is 0.787. The van der Waals surface area contributed by atoms with E-state index >= 15 is 0 Å². The van der Waals surface area contributed by atoms with Crippen molar-refractivity contribution in [2.45, 2.75) is 26.2 Å². The molecule has 0 atom stereocenters. The molecule has 0 aliphatic carbocycles. The summed E-state index contributed by atoms with van der Waals surface area (Å²) in [4.78, 5) is 11.7. The Kier molecular flexibility index (Phi) is 4.53. The number of nitrogens with zero attached hydrogens (tertiary/aromatic N) is 5. The average Bonchev–Trinajstić information content (AvgIpc) is 3.15. The molecule has 0 bridgehead atoms. The second-order valence-corrected chi connectivity index (χ2v) is 7.13. The third-order valence-electron chi connectivity index (χ3n) is 4.53. The fourth-order valence-electron chi connectivity index (χ4n) is 3.14. The van der Waals surface area contributed by atoms with E-state index in [4.69, 9.17) is 4.98 Å². The van der Waals surface area contributed by atoms with Crippen molar-refractivity contribution in [1.82, 2.24) is 19.7 Å². The zero-order chi connectivity index (χ0) is 17.2. The van der Waals surface area contributed by atoms with Gasteiger partial charge in [-0.3, -0.25) is 0 Å². The summed E-state index contributed by atoms with van der Waals surface area (Å²) in [5.74, 6) is 1.59. The first-order chi connectivity index (χ1) is 12.2. The maximum atomic E-state index is 4.80. The number of benzene rings is 1. The number of hydrogen-bond donors (Lipinski definition) is 0. The fourth-order valence-corrected chi connectivity index (χ4v) is 3.49. The molecule has 3 heterocycles. The van der Waals surface area contributed by atoms with Gasteiger partial charge in [0.1, 0.15) is 0 Å². The summed E-state index contributed by atoms with van der Waals surface area (Å²) in [5.41, 5.74) is 3.15. The van der Waals surface area contributed by atoms with Gasteiger partial charge in [0, 0.05) is 24.8 Å². The highest BCUT2D eigenvalue weighted by Crippen LogP contribution is 2.27. The van der Waals surface area contributed by atoms with Crippen molar-refractivity contribution in [3.8, 4) is 16.9 Å². The van der Waals surface area contributed by atoms with Gasteiger partial charge in [-0.1, -0.05) is 30.3 Å². The molecule has 1 aliphatic rings. The number of halogens is 1. The molecule has 1 aliphatic heterocycles. The molecule has 0 spiro atoms. The molecule has 3 aromatic rings. The minimum Gasteiger partial charge on any atom is -0.341 e. The highest BCUT2D eigenvalue weighted by atomic mass is 79.9. The maximum Gasteiger partial charge on any atom is 0.227 e. The van der Waals surface area contributed by atoms with Gasteiger partial charge >= 0.3 is 0 Å². The van der Waals surface area contributed by atoms with Crippen molar-refractivity contribution in [2.75, 3.05) is 18.0 Å². The van der Waals surface area contributed by atoms with Crippen LogP contribution in [-0.4, -0.2) is 32.8 Å². The molecule has 1 aromatic carbocycles. The summed E-state index contributed by atoms with van der Waals surface area (Å²) in [6.07, 6.45) is 7.58. The van der Waals surface area contributed by atoms with Crippen molar-refractivity contribution in [1.29, 1.82) is 0 Å². The molecule has 0 N–H and O–H groups in total. The third kappa shape index (κ3) is 3.31. The van der Waals surface area contributed by atoms with Crippen molar-refractivity contribution < 1.29 is 0 Å². The largest absolute Gasteiger partial charge is 0.341 e. The molecule has 1 fully saturated rings. The van der Waals surface area contributed by atoms with Crippen LogP contribution in [0.1, 0.15) is 25.0 Å². The number of rotatable bonds is 3. The molecule has 2 aromatic heterocycles. The normalized spacial score (nSPS) is 14.7. The summed E-state index contributed by atoms with van der Waals surface area (Å²) >= 11 is 3.64. The maximum absolute atomic E-state index is 4.80. The molecule has 0 saturated carbocycles. The Morgan fingerprint density at radius 2 is 1.72 bits per heavy atom. The Balaban J connectivity index is 1.72. The average molecular weight is 398 g/mol. The Hall–Kier alpha value is -2.21. The minimum absolute atomic E-state index is 0.787. The number of aryl methyl sites for hydroxylation is 1. The van der Waals surface area contributed by atoms with Crippen molar-refractivity contribution in [2.24, 2.45) is 0 Å². The highest BCUT2D eigenvalue weighted by Gasteiger charge is 2.18. The lowest BCUT2D eigenvalue weighted by Gasteiger charge is -2.27. The van der Waals surface area contributed by atoms with E-state index in [0.717, 1.165) is 46.1 Å². The molecule has 128 valence electrons. The van der Waals surface area contributed by atoms with Crippen molar-refractivity contribution >= 4 is 21.9 Å². The highest BCUT2D eigenvalue weighted by molar-refractivity contribution is 9.10. The smallest absolute Gasteiger partial charge is 0.227 e. The van der Waals surface area contributed by atoms with E-state index in [2.05, 4.69) is 43.0 Å². The first kappa shape index (κ1) is 16.3. The lowest BCUT2D eigenvalue weighted by atomic mass is 10.1. The van der Waals surface area contributed by atoms with Crippen LogP contribution in [0.25, 0.3) is 16.9 Å². The predicted molar refractivity (Wildman–Crippen MR) is 103 cm³/mol. The first-order valence-corrected chi connectivity index (χ1v) is 9.41. The summed E-state index contributed by atoms with van der Waals surface area (Å²) in [7, 11) is 0. The Bertz CT molecular complexity index is 869. The van der Waals surface area contributed by atoms with Gasteiger partial charge in [0.15, 0.2) is 5.82 Å². The van der Waals surface area contributed by atoms with Crippen LogP contribution in [0.4, 0.5) is 5.95 Å². The van der Waals surface area contributed by atoms with Gasteiger partial charge < -0.3 is 4.90 Å². The van der Waals surface area contributed by atoms with E-state index in [1.165, 1.54) is 19.3 Å². The van der Waals surface area contributed by atoms with Gasteiger partial charge in [0.25, 0.3) is 0 Å². The predicted octanol–water partition coefficient (Wildman–Crippen LogP) is 4.39. The van der Waals surface area contributed by atoms with Crippen LogP contribution in [0.3, 0.4) is 0 Å². The summed E-state index contributed by atoms with van der Waals surface area (Å²) in [5, 5.41) is 4.53. The van der Waals surface area contributed by atoms with E-state index < -0.39 is 0 Å². The molecule has 0 amide bonds. The summed E-state index contributed by atoms with van der Waals surface area (Å²) < 4.78 is 2.71. The number of piperidine rings is 1.